The van der Waals surface area contributed by atoms with Crippen molar-refractivity contribution in [2.24, 2.45) is 5.92 Å². The van der Waals surface area contributed by atoms with E-state index in [1.807, 2.05) is 29.2 Å². The van der Waals surface area contributed by atoms with E-state index in [2.05, 4.69) is 23.4 Å². The van der Waals surface area contributed by atoms with Gasteiger partial charge in [0.2, 0.25) is 0 Å². The van der Waals surface area contributed by atoms with Crippen molar-refractivity contribution >= 4 is 28.8 Å². The Kier molecular flexibility index (Phi) is 6.28. The Hall–Kier alpha value is -2.24. The second-order valence-electron chi connectivity index (χ2n) is 9.59. The average Bonchev–Trinajstić information content (AvgIpc) is 3.28. The molecule has 1 aliphatic carbocycles. The Balaban J connectivity index is 1.33. The van der Waals surface area contributed by atoms with Crippen LogP contribution in [0.15, 0.2) is 48.0 Å². The molecule has 0 spiro atoms. The van der Waals surface area contributed by atoms with Gasteiger partial charge in [-0.05, 0) is 84.9 Å². The largest absolute Gasteiger partial charge is 0.339 e. The van der Waals surface area contributed by atoms with Gasteiger partial charge in [-0.2, -0.15) is 0 Å². The zero-order valence-corrected chi connectivity index (χ0v) is 20.4. The Labute approximate surface area is 203 Å². The van der Waals surface area contributed by atoms with Crippen LogP contribution in [0.25, 0.3) is 21.6 Å². The average molecular weight is 483 g/mol. The first kappa shape index (κ1) is 22.5. The fraction of sp³-hybridized carbons (Fsp3) is 0.407. The maximum absolute atomic E-state index is 14.5. The van der Waals surface area contributed by atoms with Crippen molar-refractivity contribution in [2.45, 2.75) is 51.1 Å². The number of nitrogens with zero attached hydrogens (tertiary/aromatic N) is 2. The summed E-state index contributed by atoms with van der Waals surface area (Å²) < 4.78 is 14.5. The number of halogens is 2. The van der Waals surface area contributed by atoms with Crippen LogP contribution < -0.4 is 0 Å². The van der Waals surface area contributed by atoms with E-state index in [0.29, 0.717) is 35.8 Å². The molecule has 1 saturated carbocycles. The molecule has 0 radical (unpaired) electrons. The predicted octanol–water partition coefficient (Wildman–Crippen LogP) is 7.44. The molecule has 0 atom stereocenters. The topological polar surface area (TPSA) is 33.2 Å². The van der Waals surface area contributed by atoms with Crippen LogP contribution in [0, 0.1) is 5.92 Å². The molecular formula is C27H28ClFN2OS. The van der Waals surface area contributed by atoms with Gasteiger partial charge in [0.05, 0.1) is 5.02 Å². The molecule has 3 aromatic rings. The van der Waals surface area contributed by atoms with Crippen LogP contribution in [-0.4, -0.2) is 34.5 Å². The Morgan fingerprint density at radius 2 is 1.97 bits per heavy atom. The minimum atomic E-state index is -1.08. The second-order valence-corrected chi connectivity index (χ2v) is 10.9. The minimum absolute atomic E-state index is 0.0589. The molecule has 0 N–H and O–H groups in total. The number of amides is 1. The van der Waals surface area contributed by atoms with Crippen LogP contribution in [0.1, 0.15) is 55.1 Å². The van der Waals surface area contributed by atoms with Crippen LogP contribution in [0.4, 0.5) is 4.39 Å². The lowest BCUT2D eigenvalue weighted by Crippen LogP contribution is -2.37. The van der Waals surface area contributed by atoms with Gasteiger partial charge < -0.3 is 4.90 Å². The number of rotatable bonds is 5. The molecule has 6 heteroatoms. The first-order chi connectivity index (χ1) is 15.9. The summed E-state index contributed by atoms with van der Waals surface area (Å²) in [6.45, 7) is 3.86. The van der Waals surface area contributed by atoms with Gasteiger partial charge in [0.15, 0.2) is 0 Å². The van der Waals surface area contributed by atoms with E-state index in [-0.39, 0.29) is 5.91 Å². The number of alkyl halides is 1. The highest BCUT2D eigenvalue weighted by atomic mass is 35.5. The Morgan fingerprint density at radius 1 is 1.18 bits per heavy atom. The fourth-order valence-corrected chi connectivity index (χ4v) is 5.98. The number of carbonyl (C=O) groups excluding carboxylic acids is 1. The number of pyridine rings is 1. The molecule has 3 nitrogen and oxygen atoms in total. The molecule has 1 saturated heterocycles. The van der Waals surface area contributed by atoms with Gasteiger partial charge in [-0.25, -0.2) is 4.39 Å². The summed E-state index contributed by atoms with van der Waals surface area (Å²) in [6.07, 6.45) is 6.49. The predicted molar refractivity (Wildman–Crippen MR) is 134 cm³/mol. The standard InChI is InChI=1S/C27H28ClFN2OS/c1-18-6-11-31(12-7-18)26(32)20-3-4-23(24(28)14-20)25-15-21(17-33-25)19-5-10-30-22(13-19)16-27(29)8-2-9-27/h3-5,10,13-15,17-18H,2,6-9,11-12,16H2,1H3. The maximum Gasteiger partial charge on any atom is 0.253 e. The van der Waals surface area contributed by atoms with Gasteiger partial charge in [0.25, 0.3) is 5.91 Å². The lowest BCUT2D eigenvalue weighted by Gasteiger charge is -2.33. The van der Waals surface area contributed by atoms with Crippen molar-refractivity contribution < 1.29 is 9.18 Å². The fourth-order valence-electron chi connectivity index (χ4n) is 4.69. The lowest BCUT2D eigenvalue weighted by molar-refractivity contribution is 0.0630. The molecule has 2 aromatic heterocycles. The highest BCUT2D eigenvalue weighted by molar-refractivity contribution is 7.14. The molecule has 3 heterocycles. The molecule has 2 fully saturated rings. The molecule has 1 amide bonds. The quantitative estimate of drug-likeness (QED) is 0.378. The van der Waals surface area contributed by atoms with Gasteiger partial charge in [0, 0.05) is 47.4 Å². The summed E-state index contributed by atoms with van der Waals surface area (Å²) >= 11 is 8.24. The van der Waals surface area contributed by atoms with Crippen molar-refractivity contribution in [1.29, 1.82) is 0 Å². The van der Waals surface area contributed by atoms with E-state index in [9.17, 15) is 9.18 Å². The third kappa shape index (κ3) is 4.85. The zero-order valence-electron chi connectivity index (χ0n) is 18.8. The van der Waals surface area contributed by atoms with Crippen LogP contribution in [-0.2, 0) is 6.42 Å². The molecule has 0 bridgehead atoms. The summed E-state index contributed by atoms with van der Waals surface area (Å²) in [7, 11) is 0. The van der Waals surface area contributed by atoms with Gasteiger partial charge in [-0.15, -0.1) is 11.3 Å². The Bertz CT molecular complexity index is 1160. The van der Waals surface area contributed by atoms with Crippen molar-refractivity contribution in [2.75, 3.05) is 13.1 Å². The molecule has 5 rings (SSSR count). The van der Waals surface area contributed by atoms with Gasteiger partial charge in [0.1, 0.15) is 5.67 Å². The molecule has 172 valence electrons. The number of aromatic nitrogens is 1. The maximum atomic E-state index is 14.5. The monoisotopic (exact) mass is 482 g/mol. The number of benzene rings is 1. The van der Waals surface area contributed by atoms with E-state index in [0.717, 1.165) is 59.6 Å². The number of hydrogen-bond donors (Lipinski definition) is 0. The number of hydrogen-bond acceptors (Lipinski definition) is 3. The molecule has 33 heavy (non-hydrogen) atoms. The van der Waals surface area contributed by atoms with E-state index in [4.69, 9.17) is 11.6 Å². The highest BCUT2D eigenvalue weighted by Crippen LogP contribution is 2.40. The van der Waals surface area contributed by atoms with Crippen LogP contribution in [0.2, 0.25) is 5.02 Å². The second kappa shape index (κ2) is 9.19. The number of carbonyl (C=O) groups is 1. The Morgan fingerprint density at radius 3 is 2.67 bits per heavy atom. The third-order valence-corrected chi connectivity index (χ3v) is 8.33. The summed E-state index contributed by atoms with van der Waals surface area (Å²) in [5.74, 6) is 0.740. The minimum Gasteiger partial charge on any atom is -0.339 e. The summed E-state index contributed by atoms with van der Waals surface area (Å²) in [5.41, 5.74) is 3.39. The number of thiophene rings is 1. The molecule has 1 aliphatic heterocycles. The van der Waals surface area contributed by atoms with E-state index in [1.54, 1.807) is 23.6 Å². The molecular weight excluding hydrogens is 455 g/mol. The first-order valence-corrected chi connectivity index (χ1v) is 13.0. The van der Waals surface area contributed by atoms with Crippen molar-refractivity contribution in [3.63, 3.8) is 0 Å². The normalized spacial score (nSPS) is 18.2. The van der Waals surface area contributed by atoms with Gasteiger partial charge >= 0.3 is 0 Å². The molecule has 2 aliphatic rings. The highest BCUT2D eigenvalue weighted by Gasteiger charge is 2.37. The molecule has 0 unspecified atom stereocenters. The zero-order chi connectivity index (χ0) is 23.0. The van der Waals surface area contributed by atoms with Crippen LogP contribution >= 0.6 is 22.9 Å². The summed E-state index contributed by atoms with van der Waals surface area (Å²) in [5, 5.41) is 2.67. The van der Waals surface area contributed by atoms with Crippen LogP contribution in [0.5, 0.6) is 0 Å². The van der Waals surface area contributed by atoms with Gasteiger partial charge in [-0.3, -0.25) is 9.78 Å². The van der Waals surface area contributed by atoms with E-state index in [1.165, 1.54) is 0 Å². The van der Waals surface area contributed by atoms with Crippen molar-refractivity contribution in [1.82, 2.24) is 9.88 Å². The van der Waals surface area contributed by atoms with Crippen molar-refractivity contribution in [3.8, 4) is 21.6 Å². The van der Waals surface area contributed by atoms with Crippen LogP contribution in [0.3, 0.4) is 0 Å². The molecule has 1 aromatic carbocycles. The van der Waals surface area contributed by atoms with E-state index < -0.39 is 5.67 Å². The SMILES string of the molecule is CC1CCN(C(=O)c2ccc(-c3cc(-c4ccnc(CC5(F)CCC5)c4)cs3)c(Cl)c2)CC1. The van der Waals surface area contributed by atoms with Crippen molar-refractivity contribution in [3.05, 3.63) is 64.3 Å². The lowest BCUT2D eigenvalue weighted by atomic mass is 9.78. The van der Waals surface area contributed by atoms with E-state index >= 15 is 0 Å². The summed E-state index contributed by atoms with van der Waals surface area (Å²) in [4.78, 5) is 20.2. The smallest absolute Gasteiger partial charge is 0.253 e. The first-order valence-electron chi connectivity index (χ1n) is 11.7. The summed E-state index contributed by atoms with van der Waals surface area (Å²) in [6, 6.07) is 11.7. The number of piperidine rings is 1. The third-order valence-electron chi connectivity index (χ3n) is 7.05. The van der Waals surface area contributed by atoms with Gasteiger partial charge in [-0.1, -0.05) is 24.6 Å². The number of likely N-dealkylation sites (tertiary alicyclic amines) is 1.